The molecule has 0 aromatic heterocycles. The summed E-state index contributed by atoms with van der Waals surface area (Å²) < 4.78 is 41.4. The highest BCUT2D eigenvalue weighted by Crippen LogP contribution is 2.12. The Morgan fingerprint density at radius 3 is 2.33 bits per heavy atom. The van der Waals surface area contributed by atoms with Crippen molar-refractivity contribution in [2.24, 2.45) is 10.7 Å². The molecule has 0 aliphatic rings. The van der Waals surface area contributed by atoms with Crippen LogP contribution in [0, 0.1) is 0 Å². The van der Waals surface area contributed by atoms with Crippen LogP contribution < -0.4 is 11.1 Å². The lowest BCUT2D eigenvalue weighted by atomic mass is 10.1. The van der Waals surface area contributed by atoms with E-state index in [1.807, 2.05) is 43.4 Å². The summed E-state index contributed by atoms with van der Waals surface area (Å²) in [4.78, 5) is 3.85. The Morgan fingerprint density at radius 2 is 1.81 bits per heavy atom. The van der Waals surface area contributed by atoms with Crippen molar-refractivity contribution in [1.82, 2.24) is 5.32 Å². The van der Waals surface area contributed by atoms with E-state index in [1.165, 1.54) is 0 Å². The summed E-state index contributed by atoms with van der Waals surface area (Å²) in [6, 6.07) is 7.48. The van der Waals surface area contributed by atoms with Gasteiger partial charge in [-0.3, -0.25) is 0 Å². The van der Waals surface area contributed by atoms with Gasteiger partial charge in [-0.05, 0) is 25.0 Å². The molecule has 0 spiro atoms. The zero-order valence-corrected chi connectivity index (χ0v) is 12.1. The van der Waals surface area contributed by atoms with E-state index in [0.29, 0.717) is 6.61 Å². The maximum atomic E-state index is 12.0. The van der Waals surface area contributed by atoms with Crippen molar-refractivity contribution in [3.8, 4) is 0 Å². The average molecular weight is 303 g/mol. The third-order valence-corrected chi connectivity index (χ3v) is 2.51. The van der Waals surface area contributed by atoms with Gasteiger partial charge in [0, 0.05) is 0 Å². The Hall–Kier alpha value is -1.76. The quantitative estimate of drug-likeness (QED) is 0.627. The highest BCUT2D eigenvalue weighted by atomic mass is 19.4. The lowest BCUT2D eigenvalue weighted by Gasteiger charge is -2.09. The Balaban J connectivity index is 2.44. The number of alkyl halides is 3. The van der Waals surface area contributed by atoms with Crippen LogP contribution in [0.15, 0.2) is 29.3 Å². The molecule has 0 aliphatic heterocycles. The molecule has 0 saturated heterocycles. The molecule has 21 heavy (non-hydrogen) atoms. The van der Waals surface area contributed by atoms with Gasteiger partial charge in [-0.15, -0.1) is 0 Å². The van der Waals surface area contributed by atoms with Crippen LogP contribution in [0.4, 0.5) is 13.2 Å². The summed E-state index contributed by atoms with van der Waals surface area (Å²) in [7, 11) is 0. The second-order valence-corrected chi connectivity index (χ2v) is 4.85. The van der Waals surface area contributed by atoms with Gasteiger partial charge in [0.1, 0.15) is 6.54 Å². The first-order valence-corrected chi connectivity index (χ1v) is 6.56. The predicted octanol–water partition coefficient (Wildman–Crippen LogP) is 2.58. The number of ether oxygens (including phenoxy) is 1. The number of aliphatic imine (C=N–C) groups is 1. The topological polar surface area (TPSA) is 59.6 Å². The molecule has 0 radical (unpaired) electrons. The number of benzene rings is 1. The van der Waals surface area contributed by atoms with Crippen LogP contribution in [-0.4, -0.2) is 24.8 Å². The van der Waals surface area contributed by atoms with Crippen molar-refractivity contribution in [3.63, 3.8) is 0 Å². The van der Waals surface area contributed by atoms with E-state index in [4.69, 9.17) is 10.5 Å². The largest absolute Gasteiger partial charge is 0.405 e. The lowest BCUT2D eigenvalue weighted by molar-refractivity contribution is -0.122. The van der Waals surface area contributed by atoms with Gasteiger partial charge in [-0.25, -0.2) is 4.99 Å². The van der Waals surface area contributed by atoms with E-state index >= 15 is 0 Å². The van der Waals surface area contributed by atoms with Gasteiger partial charge in [0.2, 0.25) is 0 Å². The van der Waals surface area contributed by atoms with Gasteiger partial charge < -0.3 is 15.8 Å². The van der Waals surface area contributed by atoms with Crippen LogP contribution in [-0.2, 0) is 17.9 Å². The summed E-state index contributed by atoms with van der Waals surface area (Å²) in [6.07, 6.45) is -4.15. The van der Waals surface area contributed by atoms with Crippen molar-refractivity contribution < 1.29 is 17.9 Å². The van der Waals surface area contributed by atoms with Gasteiger partial charge >= 0.3 is 6.18 Å². The molecule has 7 heteroatoms. The van der Waals surface area contributed by atoms with Gasteiger partial charge in [0.05, 0.1) is 19.3 Å². The smallest absolute Gasteiger partial charge is 0.374 e. The van der Waals surface area contributed by atoms with Gasteiger partial charge in [0.25, 0.3) is 0 Å². The summed E-state index contributed by atoms with van der Waals surface area (Å²) in [6.45, 7) is 3.48. The number of hydrogen-bond donors (Lipinski definition) is 2. The molecular weight excluding hydrogens is 283 g/mol. The molecule has 1 rings (SSSR count). The number of nitrogens with zero attached hydrogens (tertiary/aromatic N) is 1. The zero-order valence-electron chi connectivity index (χ0n) is 12.1. The Labute approximate surface area is 122 Å². The second kappa shape index (κ2) is 7.87. The first-order chi connectivity index (χ1) is 9.76. The number of guanidine groups is 1. The minimum atomic E-state index is -4.31. The maximum absolute atomic E-state index is 12.0. The molecular formula is C14H20F3N3O. The molecule has 0 saturated carbocycles. The molecule has 0 fully saturated rings. The van der Waals surface area contributed by atoms with E-state index in [0.717, 1.165) is 11.1 Å². The predicted molar refractivity (Wildman–Crippen MR) is 75.8 cm³/mol. The van der Waals surface area contributed by atoms with E-state index < -0.39 is 12.7 Å². The Morgan fingerprint density at radius 1 is 1.24 bits per heavy atom. The summed E-state index contributed by atoms with van der Waals surface area (Å²) in [5.41, 5.74) is 7.25. The molecule has 0 aliphatic carbocycles. The molecule has 1 aromatic rings. The molecule has 3 N–H and O–H groups in total. The number of rotatable bonds is 6. The van der Waals surface area contributed by atoms with Crippen LogP contribution in [0.25, 0.3) is 0 Å². The van der Waals surface area contributed by atoms with Crippen molar-refractivity contribution in [2.45, 2.75) is 39.3 Å². The van der Waals surface area contributed by atoms with E-state index in [-0.39, 0.29) is 18.6 Å². The molecule has 0 unspecified atom stereocenters. The normalized spacial score (nSPS) is 12.8. The van der Waals surface area contributed by atoms with E-state index in [2.05, 4.69) is 4.99 Å². The molecule has 0 atom stereocenters. The van der Waals surface area contributed by atoms with Gasteiger partial charge in [-0.1, -0.05) is 24.3 Å². The van der Waals surface area contributed by atoms with E-state index in [1.54, 1.807) is 0 Å². The average Bonchev–Trinajstić information content (AvgIpc) is 2.41. The minimum Gasteiger partial charge on any atom is -0.374 e. The van der Waals surface area contributed by atoms with Crippen LogP contribution >= 0.6 is 0 Å². The number of nitrogens with one attached hydrogen (secondary N) is 1. The molecule has 0 heterocycles. The third-order valence-electron chi connectivity index (χ3n) is 2.51. The standard InChI is InChI=1S/C14H20F3N3O/c1-10(2)21-8-12-5-3-11(4-6-12)7-19-13(18)20-9-14(15,16)17/h3-6,10H,7-9H2,1-2H3,(H3,18,19,20). The van der Waals surface area contributed by atoms with Crippen LogP contribution in [0.2, 0.25) is 0 Å². The fraction of sp³-hybridized carbons (Fsp3) is 0.500. The van der Waals surface area contributed by atoms with Crippen molar-refractivity contribution in [1.29, 1.82) is 0 Å². The molecule has 118 valence electrons. The first kappa shape index (κ1) is 17.3. The third kappa shape index (κ3) is 8.19. The van der Waals surface area contributed by atoms with Crippen molar-refractivity contribution in [2.75, 3.05) is 6.54 Å². The summed E-state index contributed by atoms with van der Waals surface area (Å²) in [5.74, 6) is -0.223. The Kier molecular flexibility index (Phi) is 6.48. The SMILES string of the molecule is CC(C)OCc1ccc(CN=C(N)NCC(F)(F)F)cc1. The first-order valence-electron chi connectivity index (χ1n) is 6.56. The van der Waals surface area contributed by atoms with E-state index in [9.17, 15) is 13.2 Å². The second-order valence-electron chi connectivity index (χ2n) is 4.85. The molecule has 0 amide bonds. The van der Waals surface area contributed by atoms with Gasteiger partial charge in [0.15, 0.2) is 5.96 Å². The Bertz CT molecular complexity index is 456. The minimum absolute atomic E-state index is 0.161. The lowest BCUT2D eigenvalue weighted by Crippen LogP contribution is -2.38. The summed E-state index contributed by atoms with van der Waals surface area (Å²) in [5, 5.41) is 2.02. The summed E-state index contributed by atoms with van der Waals surface area (Å²) >= 11 is 0. The zero-order chi connectivity index (χ0) is 15.9. The van der Waals surface area contributed by atoms with Crippen LogP contribution in [0.3, 0.4) is 0 Å². The monoisotopic (exact) mass is 303 g/mol. The number of nitrogens with two attached hydrogens (primary N) is 1. The van der Waals surface area contributed by atoms with Gasteiger partial charge in [-0.2, -0.15) is 13.2 Å². The van der Waals surface area contributed by atoms with Crippen molar-refractivity contribution >= 4 is 5.96 Å². The highest BCUT2D eigenvalue weighted by molar-refractivity contribution is 5.77. The number of halogens is 3. The number of hydrogen-bond acceptors (Lipinski definition) is 2. The van der Waals surface area contributed by atoms with Crippen LogP contribution in [0.1, 0.15) is 25.0 Å². The molecule has 0 bridgehead atoms. The van der Waals surface area contributed by atoms with Crippen molar-refractivity contribution in [3.05, 3.63) is 35.4 Å². The highest BCUT2D eigenvalue weighted by Gasteiger charge is 2.26. The maximum Gasteiger partial charge on any atom is 0.405 e. The fourth-order valence-corrected chi connectivity index (χ4v) is 1.43. The molecule has 4 nitrogen and oxygen atoms in total. The van der Waals surface area contributed by atoms with Crippen LogP contribution in [0.5, 0.6) is 0 Å². The fourth-order valence-electron chi connectivity index (χ4n) is 1.43. The molecule has 1 aromatic carbocycles.